The van der Waals surface area contributed by atoms with Gasteiger partial charge in [0.05, 0.1) is 18.7 Å². The Kier molecular flexibility index (Phi) is 5.33. The van der Waals surface area contributed by atoms with Gasteiger partial charge in [0.15, 0.2) is 0 Å². The van der Waals surface area contributed by atoms with Crippen LogP contribution in [0.2, 0.25) is 0 Å². The second-order valence-electron chi connectivity index (χ2n) is 4.85. The number of allylic oxidation sites excluding steroid dienone is 1. The van der Waals surface area contributed by atoms with Gasteiger partial charge in [-0.2, -0.15) is 5.11 Å². The number of methoxy groups -OCH3 is 1. The van der Waals surface area contributed by atoms with E-state index in [2.05, 4.69) is 15.0 Å². The topological polar surface area (TPSA) is 91.6 Å². The highest BCUT2D eigenvalue weighted by atomic mass is 35.5. The Balaban J connectivity index is 2.27. The smallest absolute Gasteiger partial charge is 0.362 e. The van der Waals surface area contributed by atoms with Crippen LogP contribution in [0.4, 0.5) is 11.4 Å². The summed E-state index contributed by atoms with van der Waals surface area (Å²) in [4.78, 5) is 24.7. The molecule has 0 saturated carbocycles. The van der Waals surface area contributed by atoms with Crippen LogP contribution in [0.5, 0.6) is 0 Å². The van der Waals surface area contributed by atoms with E-state index in [9.17, 15) is 14.7 Å². The molecule has 1 aliphatic heterocycles. The van der Waals surface area contributed by atoms with Gasteiger partial charge in [-0.05, 0) is 30.2 Å². The number of rotatable bonds is 4. The van der Waals surface area contributed by atoms with Gasteiger partial charge in [-0.1, -0.05) is 0 Å². The Morgan fingerprint density at radius 1 is 1.43 bits per heavy atom. The minimum Gasteiger partial charge on any atom is -0.508 e. The van der Waals surface area contributed by atoms with E-state index >= 15 is 0 Å². The molecule has 0 unspecified atom stereocenters. The zero-order valence-electron chi connectivity index (χ0n) is 12.7. The maximum Gasteiger partial charge on any atom is 0.362 e. The Morgan fingerprint density at radius 2 is 2.17 bits per heavy atom. The number of anilines is 1. The van der Waals surface area contributed by atoms with Gasteiger partial charge in [0.1, 0.15) is 5.76 Å². The van der Waals surface area contributed by atoms with Crippen molar-refractivity contribution in [3.63, 3.8) is 0 Å². The van der Waals surface area contributed by atoms with Crippen LogP contribution in [0.3, 0.4) is 0 Å². The van der Waals surface area contributed by atoms with E-state index in [-0.39, 0.29) is 17.5 Å². The lowest BCUT2D eigenvalue weighted by Gasteiger charge is -2.14. The van der Waals surface area contributed by atoms with Gasteiger partial charge in [-0.3, -0.25) is 4.79 Å². The fourth-order valence-corrected chi connectivity index (χ4v) is 2.39. The summed E-state index contributed by atoms with van der Waals surface area (Å²) in [5.41, 5.74) is 1.98. The zero-order valence-corrected chi connectivity index (χ0v) is 13.5. The van der Waals surface area contributed by atoms with Crippen molar-refractivity contribution in [1.82, 2.24) is 0 Å². The Hall–Kier alpha value is -2.41. The molecule has 1 aromatic rings. The largest absolute Gasteiger partial charge is 0.508 e. The van der Waals surface area contributed by atoms with Crippen molar-refractivity contribution in [2.75, 3.05) is 24.4 Å². The van der Waals surface area contributed by atoms with Crippen LogP contribution >= 0.6 is 11.6 Å². The summed E-state index contributed by atoms with van der Waals surface area (Å²) in [6, 6.07) is 5.24. The molecular formula is C15H16ClN3O4. The average Bonchev–Trinajstić information content (AvgIpc) is 2.97. The fourth-order valence-electron chi connectivity index (χ4n) is 2.26. The average molecular weight is 338 g/mol. The van der Waals surface area contributed by atoms with E-state index in [4.69, 9.17) is 11.6 Å². The Morgan fingerprint density at radius 3 is 2.78 bits per heavy atom. The second kappa shape index (κ2) is 7.23. The van der Waals surface area contributed by atoms with E-state index in [0.717, 1.165) is 17.7 Å². The number of ether oxygens (including phenoxy) is 1. The molecule has 0 saturated heterocycles. The molecule has 0 fully saturated rings. The highest BCUT2D eigenvalue weighted by molar-refractivity contribution is 6.19. The first-order valence-electron chi connectivity index (χ1n) is 6.87. The standard InChI is InChI=1S/C15H16ClN3O4/c1-9(20)19-6-5-10-7-11(3-4-12(10)19)17-18-14(13(21)8-16)15(22)23-2/h3-4,7,21H,5-6,8H2,1-2H3/b14-13-,18-17?. The molecule has 23 heavy (non-hydrogen) atoms. The highest BCUT2D eigenvalue weighted by Crippen LogP contribution is 2.31. The van der Waals surface area contributed by atoms with Crippen LogP contribution in [-0.2, 0) is 20.7 Å². The second-order valence-corrected chi connectivity index (χ2v) is 5.12. The molecule has 0 atom stereocenters. The molecule has 0 radical (unpaired) electrons. The third kappa shape index (κ3) is 3.68. The van der Waals surface area contributed by atoms with Gasteiger partial charge in [-0.25, -0.2) is 4.79 Å². The fraction of sp³-hybridized carbons (Fsp3) is 0.333. The molecule has 1 aliphatic rings. The third-order valence-electron chi connectivity index (χ3n) is 3.38. The molecule has 7 nitrogen and oxygen atoms in total. The molecule has 1 N–H and O–H groups in total. The van der Waals surface area contributed by atoms with Gasteiger partial charge in [0, 0.05) is 19.2 Å². The predicted molar refractivity (Wildman–Crippen MR) is 85.1 cm³/mol. The molecule has 2 rings (SSSR count). The van der Waals surface area contributed by atoms with Crippen LogP contribution in [0, 0.1) is 0 Å². The van der Waals surface area contributed by atoms with Crippen molar-refractivity contribution in [1.29, 1.82) is 0 Å². The molecule has 122 valence electrons. The number of alkyl halides is 1. The molecular weight excluding hydrogens is 322 g/mol. The van der Waals surface area contributed by atoms with Gasteiger partial charge >= 0.3 is 5.97 Å². The molecule has 0 bridgehead atoms. The first kappa shape index (κ1) is 17.0. The van der Waals surface area contributed by atoms with Gasteiger partial charge in [-0.15, -0.1) is 16.7 Å². The lowest BCUT2D eigenvalue weighted by molar-refractivity contribution is -0.136. The number of carbonyl (C=O) groups excluding carboxylic acids is 2. The lowest BCUT2D eigenvalue weighted by Crippen LogP contribution is -2.25. The van der Waals surface area contributed by atoms with Crippen LogP contribution in [0.15, 0.2) is 39.9 Å². The van der Waals surface area contributed by atoms with Crippen LogP contribution in [-0.4, -0.2) is 36.5 Å². The van der Waals surface area contributed by atoms with Crippen LogP contribution in [0.25, 0.3) is 0 Å². The lowest BCUT2D eigenvalue weighted by atomic mass is 10.1. The van der Waals surface area contributed by atoms with Crippen molar-refractivity contribution >= 4 is 34.9 Å². The van der Waals surface area contributed by atoms with E-state index in [1.807, 2.05) is 0 Å². The normalized spacial score (nSPS) is 14.7. The number of amides is 1. The van der Waals surface area contributed by atoms with E-state index in [1.54, 1.807) is 23.1 Å². The summed E-state index contributed by atoms with van der Waals surface area (Å²) in [5, 5.41) is 17.3. The molecule has 8 heteroatoms. The first-order chi connectivity index (χ1) is 11.0. The Labute approximate surface area is 138 Å². The van der Waals surface area contributed by atoms with Crippen molar-refractivity contribution in [2.45, 2.75) is 13.3 Å². The number of halogens is 1. The SMILES string of the molecule is COC(=O)/C(N=Nc1ccc2c(c1)CCN2C(C)=O)=C(/O)CCl. The highest BCUT2D eigenvalue weighted by Gasteiger charge is 2.22. The number of esters is 1. The monoisotopic (exact) mass is 337 g/mol. The summed E-state index contributed by atoms with van der Waals surface area (Å²) in [6.45, 7) is 2.15. The number of hydrogen-bond donors (Lipinski definition) is 1. The van der Waals surface area contributed by atoms with Crippen molar-refractivity contribution in [2.24, 2.45) is 10.2 Å². The summed E-state index contributed by atoms with van der Waals surface area (Å²) >= 11 is 5.50. The quantitative estimate of drug-likeness (QED) is 0.300. The van der Waals surface area contributed by atoms with Crippen molar-refractivity contribution in [3.05, 3.63) is 35.2 Å². The minimum absolute atomic E-state index is 0.0129. The molecule has 0 aromatic heterocycles. The molecule has 1 aromatic carbocycles. The van der Waals surface area contributed by atoms with Crippen LogP contribution in [0.1, 0.15) is 12.5 Å². The third-order valence-corrected chi connectivity index (χ3v) is 3.64. The summed E-state index contributed by atoms with van der Waals surface area (Å²) in [7, 11) is 1.17. The van der Waals surface area contributed by atoms with Gasteiger partial charge < -0.3 is 14.7 Å². The van der Waals surface area contributed by atoms with Crippen molar-refractivity contribution in [3.8, 4) is 0 Å². The number of hydrogen-bond acceptors (Lipinski definition) is 6. The number of aliphatic hydroxyl groups is 1. The summed E-state index contributed by atoms with van der Waals surface area (Å²) < 4.78 is 4.52. The number of nitrogens with zero attached hydrogens (tertiary/aromatic N) is 3. The molecule has 1 heterocycles. The number of benzene rings is 1. The molecule has 0 spiro atoms. The number of fused-ring (bicyclic) bond motifs is 1. The maximum atomic E-state index is 11.5. The van der Waals surface area contributed by atoms with Crippen molar-refractivity contribution < 1.29 is 19.4 Å². The number of azo groups is 1. The summed E-state index contributed by atoms with van der Waals surface area (Å²) in [6.07, 6.45) is 0.727. The summed E-state index contributed by atoms with van der Waals surface area (Å²) in [5.74, 6) is -1.52. The van der Waals surface area contributed by atoms with E-state index in [0.29, 0.717) is 12.2 Å². The van der Waals surface area contributed by atoms with E-state index < -0.39 is 11.7 Å². The first-order valence-corrected chi connectivity index (χ1v) is 7.40. The predicted octanol–water partition coefficient (Wildman–Crippen LogP) is 2.86. The number of carbonyl (C=O) groups is 2. The van der Waals surface area contributed by atoms with E-state index in [1.165, 1.54) is 14.0 Å². The minimum atomic E-state index is -0.823. The van der Waals surface area contributed by atoms with Gasteiger partial charge in [0.2, 0.25) is 11.6 Å². The zero-order chi connectivity index (χ0) is 17.0. The molecule has 1 amide bonds. The molecule has 0 aliphatic carbocycles. The van der Waals surface area contributed by atoms with Crippen LogP contribution < -0.4 is 4.90 Å². The maximum absolute atomic E-state index is 11.5. The van der Waals surface area contributed by atoms with Gasteiger partial charge in [0.25, 0.3) is 0 Å². The Bertz CT molecular complexity index is 700. The number of aliphatic hydroxyl groups excluding tert-OH is 1.